The van der Waals surface area contributed by atoms with E-state index in [4.69, 9.17) is 18.9 Å². The van der Waals surface area contributed by atoms with Gasteiger partial charge in [0.25, 0.3) is 0 Å². The highest BCUT2D eigenvalue weighted by Gasteiger charge is 2.19. The number of pyridine rings is 1. The van der Waals surface area contributed by atoms with Gasteiger partial charge in [0.15, 0.2) is 12.2 Å². The maximum atomic E-state index is 15.2. The second-order valence-electron chi connectivity index (χ2n) is 9.55. The van der Waals surface area contributed by atoms with Crippen molar-refractivity contribution < 1.29 is 28.1 Å². The van der Waals surface area contributed by atoms with Gasteiger partial charge in [0.1, 0.15) is 35.2 Å². The lowest BCUT2D eigenvalue weighted by Gasteiger charge is -2.18. The molecule has 8 heteroatoms. The van der Waals surface area contributed by atoms with Crippen molar-refractivity contribution in [2.45, 2.75) is 26.7 Å². The molecular formula is C34H30FNO6. The highest BCUT2D eigenvalue weighted by atomic mass is 19.1. The van der Waals surface area contributed by atoms with Crippen molar-refractivity contribution in [3.63, 3.8) is 0 Å². The Bertz CT molecular complexity index is 1730. The molecule has 0 saturated heterocycles. The van der Waals surface area contributed by atoms with Crippen molar-refractivity contribution in [1.82, 2.24) is 4.57 Å². The van der Waals surface area contributed by atoms with Crippen LogP contribution in [-0.2, 0) is 18.1 Å². The minimum atomic E-state index is -0.694. The number of halogens is 1. The summed E-state index contributed by atoms with van der Waals surface area (Å²) in [6.07, 6.45) is 2.27. The summed E-state index contributed by atoms with van der Waals surface area (Å²) >= 11 is 0. The van der Waals surface area contributed by atoms with Crippen molar-refractivity contribution in [3.8, 4) is 28.4 Å². The zero-order chi connectivity index (χ0) is 29.5. The van der Waals surface area contributed by atoms with E-state index in [0.717, 1.165) is 5.56 Å². The number of fused-ring (bicyclic) bond motifs is 1. The van der Waals surface area contributed by atoms with Gasteiger partial charge < -0.3 is 23.5 Å². The normalized spacial score (nSPS) is 10.8. The Balaban J connectivity index is 1.43. The standard InChI is InChI=1S/C34H30FNO6/c1-3-19-40-30-18-17-29(35)31-32(30)36(20-28(33(31)37)24-9-13-26(39-2)14-10-24)22-42-34(38)25-11-15-27(16-12-25)41-21-23-7-5-4-6-8-23/h4-18,20H,3,19,21-22H2,1-2H3. The number of aromatic nitrogens is 1. The van der Waals surface area contributed by atoms with Gasteiger partial charge in [0, 0.05) is 11.8 Å². The lowest BCUT2D eigenvalue weighted by molar-refractivity contribution is 0.0378. The molecule has 0 fully saturated rings. The fourth-order valence-electron chi connectivity index (χ4n) is 4.51. The summed E-state index contributed by atoms with van der Waals surface area (Å²) < 4.78 is 39.3. The van der Waals surface area contributed by atoms with E-state index in [1.807, 2.05) is 37.3 Å². The Morgan fingerprint density at radius 2 is 1.57 bits per heavy atom. The van der Waals surface area contributed by atoms with Crippen LogP contribution in [0.2, 0.25) is 0 Å². The summed E-state index contributed by atoms with van der Waals surface area (Å²) in [6.45, 7) is 2.44. The molecule has 1 heterocycles. The van der Waals surface area contributed by atoms with E-state index < -0.39 is 17.2 Å². The van der Waals surface area contributed by atoms with Crippen LogP contribution in [0.3, 0.4) is 0 Å². The Kier molecular flexibility index (Phi) is 8.82. The van der Waals surface area contributed by atoms with Gasteiger partial charge in [0.2, 0.25) is 0 Å². The van der Waals surface area contributed by atoms with E-state index >= 15 is 4.39 Å². The number of esters is 1. The van der Waals surface area contributed by atoms with Gasteiger partial charge in [-0.25, -0.2) is 9.18 Å². The minimum Gasteiger partial charge on any atom is -0.497 e. The number of benzene rings is 4. The lowest BCUT2D eigenvalue weighted by Crippen LogP contribution is -2.17. The van der Waals surface area contributed by atoms with Gasteiger partial charge in [0.05, 0.1) is 24.7 Å². The summed E-state index contributed by atoms with van der Waals surface area (Å²) in [5.74, 6) is 0.267. The van der Waals surface area contributed by atoms with Crippen molar-refractivity contribution in [2.24, 2.45) is 0 Å². The number of hydrogen-bond acceptors (Lipinski definition) is 6. The summed E-state index contributed by atoms with van der Waals surface area (Å²) in [5, 5.41) is -0.145. The fraction of sp³-hybridized carbons (Fsp3) is 0.176. The van der Waals surface area contributed by atoms with E-state index in [1.54, 1.807) is 61.8 Å². The van der Waals surface area contributed by atoms with Crippen LogP contribution in [0, 0.1) is 5.82 Å². The lowest BCUT2D eigenvalue weighted by atomic mass is 10.0. The molecular weight excluding hydrogens is 537 g/mol. The molecule has 4 aromatic carbocycles. The van der Waals surface area contributed by atoms with Crippen LogP contribution in [0.15, 0.2) is 102 Å². The molecule has 0 aliphatic rings. The topological polar surface area (TPSA) is 76.0 Å². The molecule has 0 aliphatic carbocycles. The van der Waals surface area contributed by atoms with Crippen LogP contribution in [0.4, 0.5) is 4.39 Å². The third-order valence-electron chi connectivity index (χ3n) is 6.67. The van der Waals surface area contributed by atoms with Crippen LogP contribution in [0.25, 0.3) is 22.0 Å². The highest BCUT2D eigenvalue weighted by molar-refractivity contribution is 5.90. The molecule has 42 heavy (non-hydrogen) atoms. The van der Waals surface area contributed by atoms with E-state index in [-0.39, 0.29) is 23.2 Å². The zero-order valence-electron chi connectivity index (χ0n) is 23.3. The average molecular weight is 568 g/mol. The monoisotopic (exact) mass is 567 g/mol. The van der Waals surface area contributed by atoms with Crippen LogP contribution >= 0.6 is 0 Å². The Morgan fingerprint density at radius 3 is 2.26 bits per heavy atom. The van der Waals surface area contributed by atoms with Gasteiger partial charge in [-0.05, 0) is 66.1 Å². The van der Waals surface area contributed by atoms with Crippen molar-refractivity contribution in [2.75, 3.05) is 13.7 Å². The first kappa shape index (κ1) is 28.4. The molecule has 0 bridgehead atoms. The Hall–Kier alpha value is -5.11. The Labute approximate surface area is 242 Å². The highest BCUT2D eigenvalue weighted by Crippen LogP contribution is 2.30. The molecule has 214 valence electrons. The quantitative estimate of drug-likeness (QED) is 0.160. The molecule has 1 aromatic heterocycles. The maximum Gasteiger partial charge on any atom is 0.339 e. The largest absolute Gasteiger partial charge is 0.497 e. The van der Waals surface area contributed by atoms with Crippen LogP contribution in [-0.4, -0.2) is 24.3 Å². The number of hydrogen-bond donors (Lipinski definition) is 0. The van der Waals surface area contributed by atoms with E-state index in [2.05, 4.69) is 0 Å². The fourth-order valence-corrected chi connectivity index (χ4v) is 4.51. The molecule has 0 aliphatic heterocycles. The van der Waals surface area contributed by atoms with E-state index in [0.29, 0.717) is 48.0 Å². The van der Waals surface area contributed by atoms with Gasteiger partial charge in [-0.1, -0.05) is 49.4 Å². The predicted molar refractivity (Wildman–Crippen MR) is 159 cm³/mol. The molecule has 0 spiro atoms. The number of carbonyl (C=O) groups excluding carboxylic acids is 1. The maximum absolute atomic E-state index is 15.2. The third-order valence-corrected chi connectivity index (χ3v) is 6.67. The summed E-state index contributed by atoms with van der Waals surface area (Å²) in [6, 6.07) is 25.9. The summed E-state index contributed by atoms with van der Waals surface area (Å²) in [7, 11) is 1.55. The second kappa shape index (κ2) is 13.0. The molecule has 0 N–H and O–H groups in total. The number of ether oxygens (including phenoxy) is 4. The number of rotatable bonds is 11. The first-order valence-electron chi connectivity index (χ1n) is 13.5. The molecule has 5 aromatic rings. The first-order valence-corrected chi connectivity index (χ1v) is 13.5. The minimum absolute atomic E-state index is 0.145. The van der Waals surface area contributed by atoms with E-state index in [9.17, 15) is 9.59 Å². The smallest absolute Gasteiger partial charge is 0.339 e. The summed E-state index contributed by atoms with van der Waals surface area (Å²) in [5.41, 5.74) is 1.87. The van der Waals surface area contributed by atoms with Crippen LogP contribution in [0.5, 0.6) is 17.2 Å². The molecule has 0 atom stereocenters. The third kappa shape index (κ3) is 6.28. The Morgan fingerprint density at radius 1 is 0.857 bits per heavy atom. The summed E-state index contributed by atoms with van der Waals surface area (Å²) in [4.78, 5) is 26.6. The molecule has 0 unspecified atom stereocenters. The van der Waals surface area contributed by atoms with Gasteiger partial charge in [-0.2, -0.15) is 0 Å². The molecule has 0 amide bonds. The second-order valence-corrected chi connectivity index (χ2v) is 9.55. The van der Waals surface area contributed by atoms with Crippen LogP contribution < -0.4 is 19.6 Å². The van der Waals surface area contributed by atoms with Gasteiger partial charge >= 0.3 is 5.97 Å². The molecule has 0 saturated carbocycles. The van der Waals surface area contributed by atoms with Crippen molar-refractivity contribution in [3.05, 3.63) is 124 Å². The van der Waals surface area contributed by atoms with Crippen molar-refractivity contribution in [1.29, 1.82) is 0 Å². The molecule has 0 radical (unpaired) electrons. The van der Waals surface area contributed by atoms with Gasteiger partial charge in [-0.15, -0.1) is 0 Å². The first-order chi connectivity index (χ1) is 20.5. The van der Waals surface area contributed by atoms with E-state index in [1.165, 1.54) is 16.7 Å². The van der Waals surface area contributed by atoms with Crippen molar-refractivity contribution >= 4 is 16.9 Å². The number of carbonyl (C=O) groups is 1. The van der Waals surface area contributed by atoms with Gasteiger partial charge in [-0.3, -0.25) is 4.79 Å². The SMILES string of the molecule is CCCOc1ccc(F)c2c(=O)c(-c3ccc(OC)cc3)cn(COC(=O)c3ccc(OCc4ccccc4)cc3)c12. The zero-order valence-corrected chi connectivity index (χ0v) is 23.3. The molecule has 5 rings (SSSR count). The predicted octanol–water partition coefficient (Wildman–Crippen LogP) is 7.00. The average Bonchev–Trinajstić information content (AvgIpc) is 3.03. The molecule has 7 nitrogen and oxygen atoms in total. The number of methoxy groups -OCH3 is 1. The number of nitrogens with zero attached hydrogens (tertiary/aromatic N) is 1. The van der Waals surface area contributed by atoms with Crippen LogP contribution in [0.1, 0.15) is 29.3 Å².